The van der Waals surface area contributed by atoms with Crippen LogP contribution in [0.5, 0.6) is 0 Å². The van der Waals surface area contributed by atoms with Gasteiger partial charge in [0, 0.05) is 58.0 Å². The fourth-order valence-electron chi connectivity index (χ4n) is 5.78. The van der Waals surface area contributed by atoms with Crippen LogP contribution in [0.4, 0.5) is 0 Å². The van der Waals surface area contributed by atoms with Gasteiger partial charge in [0.25, 0.3) is 0 Å². The first kappa shape index (κ1) is 18.6. The molecule has 0 aromatic heterocycles. The monoisotopic (exact) mass is 385 g/mol. The van der Waals surface area contributed by atoms with Gasteiger partial charge in [-0.2, -0.15) is 0 Å². The summed E-state index contributed by atoms with van der Waals surface area (Å²) in [5, 5.41) is 10.3. The summed E-state index contributed by atoms with van der Waals surface area (Å²) in [4.78, 5) is 20.2. The normalized spacial score (nSPS) is 31.0. The molecule has 1 amide bonds. The molecule has 5 rings (SSSR count). The van der Waals surface area contributed by atoms with Gasteiger partial charge in [-0.3, -0.25) is 14.6 Å². The number of piperazine rings is 1. The number of carbonyl (C=O) groups is 1. The predicted molar refractivity (Wildman–Crippen MR) is 106 cm³/mol. The fraction of sp³-hybridized carbons (Fsp3) is 0.682. The summed E-state index contributed by atoms with van der Waals surface area (Å²) in [5.74, 6) is 0.219. The Balaban J connectivity index is 1.30. The maximum atomic E-state index is 13.1. The summed E-state index contributed by atoms with van der Waals surface area (Å²) in [6.07, 6.45) is 3.21. The Kier molecular flexibility index (Phi) is 4.91. The molecule has 1 aromatic rings. The second kappa shape index (κ2) is 7.41. The lowest BCUT2D eigenvalue weighted by molar-refractivity contribution is -0.156. The number of benzene rings is 1. The molecule has 0 unspecified atom stereocenters. The molecule has 2 atom stereocenters. The van der Waals surface area contributed by atoms with E-state index in [1.54, 1.807) is 0 Å². The highest BCUT2D eigenvalue weighted by Crippen LogP contribution is 2.40. The van der Waals surface area contributed by atoms with Crippen molar-refractivity contribution in [1.82, 2.24) is 14.7 Å². The largest absolute Gasteiger partial charge is 0.392 e. The van der Waals surface area contributed by atoms with Crippen molar-refractivity contribution in [1.29, 1.82) is 0 Å². The van der Waals surface area contributed by atoms with Crippen LogP contribution in [0, 0.1) is 0 Å². The second-order valence-electron chi connectivity index (χ2n) is 9.11. The van der Waals surface area contributed by atoms with Gasteiger partial charge in [0.2, 0.25) is 5.91 Å². The molecule has 152 valence electrons. The summed E-state index contributed by atoms with van der Waals surface area (Å²) >= 11 is 0. The first-order valence-corrected chi connectivity index (χ1v) is 10.7. The van der Waals surface area contributed by atoms with Crippen LogP contribution in [0.1, 0.15) is 24.8 Å². The van der Waals surface area contributed by atoms with Gasteiger partial charge in [-0.15, -0.1) is 0 Å². The van der Waals surface area contributed by atoms with E-state index in [1.165, 1.54) is 0 Å². The molecule has 4 fully saturated rings. The van der Waals surface area contributed by atoms with Crippen molar-refractivity contribution >= 4 is 5.91 Å². The van der Waals surface area contributed by atoms with E-state index in [0.717, 1.165) is 70.8 Å². The van der Waals surface area contributed by atoms with Crippen molar-refractivity contribution in [3.63, 3.8) is 0 Å². The third-order valence-corrected chi connectivity index (χ3v) is 7.17. The van der Waals surface area contributed by atoms with Gasteiger partial charge in [-0.1, -0.05) is 30.3 Å². The number of ether oxygens (including phenoxy) is 1. The molecule has 0 radical (unpaired) electrons. The predicted octanol–water partition coefficient (Wildman–Crippen LogP) is 0.740. The van der Waals surface area contributed by atoms with Crippen LogP contribution >= 0.6 is 0 Å². The number of nitrogens with zero attached hydrogens (tertiary/aromatic N) is 3. The first-order chi connectivity index (χ1) is 13.6. The van der Waals surface area contributed by atoms with Gasteiger partial charge in [0.1, 0.15) is 0 Å². The van der Waals surface area contributed by atoms with Gasteiger partial charge in [0.15, 0.2) is 0 Å². The van der Waals surface area contributed by atoms with Crippen LogP contribution in [0.15, 0.2) is 30.3 Å². The second-order valence-corrected chi connectivity index (χ2v) is 9.11. The number of aliphatic hydroxyl groups excluding tert-OH is 1. The van der Waals surface area contributed by atoms with E-state index in [0.29, 0.717) is 18.5 Å². The van der Waals surface area contributed by atoms with E-state index >= 15 is 0 Å². The summed E-state index contributed by atoms with van der Waals surface area (Å²) < 4.78 is 5.52. The Labute approximate surface area is 167 Å². The van der Waals surface area contributed by atoms with Gasteiger partial charge in [0.05, 0.1) is 18.1 Å². The van der Waals surface area contributed by atoms with Crippen molar-refractivity contribution in [2.45, 2.75) is 49.4 Å². The van der Waals surface area contributed by atoms with Crippen LogP contribution in [0.3, 0.4) is 0 Å². The SMILES string of the molecule is O=C(Cc1ccccc1)N1C[C@H]2C[C@@H](O)CN2C2(C1)CN(C1CCOCC1)C2. The molecule has 1 N–H and O–H groups in total. The minimum Gasteiger partial charge on any atom is -0.392 e. The van der Waals surface area contributed by atoms with Gasteiger partial charge in [-0.05, 0) is 24.8 Å². The van der Waals surface area contributed by atoms with E-state index in [9.17, 15) is 9.90 Å². The molecular weight excluding hydrogens is 354 g/mol. The van der Waals surface area contributed by atoms with E-state index in [-0.39, 0.29) is 17.6 Å². The summed E-state index contributed by atoms with van der Waals surface area (Å²) in [7, 11) is 0. The zero-order chi connectivity index (χ0) is 19.1. The van der Waals surface area contributed by atoms with Crippen LogP contribution in [-0.4, -0.2) is 95.4 Å². The number of carbonyl (C=O) groups excluding carboxylic acids is 1. The zero-order valence-electron chi connectivity index (χ0n) is 16.5. The number of amides is 1. The molecule has 6 nitrogen and oxygen atoms in total. The Hall–Kier alpha value is -1.47. The quantitative estimate of drug-likeness (QED) is 0.832. The highest BCUT2D eigenvalue weighted by molar-refractivity contribution is 5.79. The molecule has 4 saturated heterocycles. The Bertz CT molecular complexity index is 700. The van der Waals surface area contributed by atoms with Crippen molar-refractivity contribution in [3.05, 3.63) is 35.9 Å². The molecule has 4 heterocycles. The number of hydrogen-bond acceptors (Lipinski definition) is 5. The number of fused-ring (bicyclic) bond motifs is 2. The minimum atomic E-state index is -0.261. The van der Waals surface area contributed by atoms with Crippen molar-refractivity contribution in [2.75, 3.05) is 45.9 Å². The van der Waals surface area contributed by atoms with Crippen molar-refractivity contribution < 1.29 is 14.6 Å². The highest BCUT2D eigenvalue weighted by Gasteiger charge is 2.57. The van der Waals surface area contributed by atoms with Gasteiger partial charge >= 0.3 is 0 Å². The topological polar surface area (TPSA) is 56.3 Å². The molecule has 1 aromatic carbocycles. The number of aliphatic hydroxyl groups is 1. The maximum absolute atomic E-state index is 13.1. The summed E-state index contributed by atoms with van der Waals surface area (Å²) in [5.41, 5.74) is 1.10. The van der Waals surface area contributed by atoms with Crippen LogP contribution in [-0.2, 0) is 16.0 Å². The lowest BCUT2D eigenvalue weighted by Gasteiger charge is -2.62. The van der Waals surface area contributed by atoms with Gasteiger partial charge in [-0.25, -0.2) is 0 Å². The highest BCUT2D eigenvalue weighted by atomic mass is 16.5. The standard InChI is InChI=1S/C22H31N3O3/c26-20-11-19-12-23(21(27)10-17-4-2-1-3-5-17)14-22(25(19)13-20)15-24(16-22)18-6-8-28-9-7-18/h1-5,18-20,26H,6-16H2/t19-,20-/m1/s1. The molecule has 0 aliphatic carbocycles. The van der Waals surface area contributed by atoms with Crippen molar-refractivity contribution in [2.24, 2.45) is 0 Å². The summed E-state index contributed by atoms with van der Waals surface area (Å²) in [6, 6.07) is 10.9. The molecule has 0 saturated carbocycles. The Morgan fingerprint density at radius 2 is 1.82 bits per heavy atom. The third kappa shape index (κ3) is 3.36. The zero-order valence-corrected chi connectivity index (χ0v) is 16.5. The molecule has 0 bridgehead atoms. The Morgan fingerprint density at radius 1 is 1.07 bits per heavy atom. The van der Waals surface area contributed by atoms with E-state index in [2.05, 4.69) is 14.7 Å². The lowest BCUT2D eigenvalue weighted by atomic mass is 9.81. The number of hydrogen-bond donors (Lipinski definition) is 1. The lowest BCUT2D eigenvalue weighted by Crippen LogP contribution is -2.79. The molecule has 4 aliphatic rings. The molecular formula is C22H31N3O3. The number of rotatable bonds is 3. The molecule has 4 aliphatic heterocycles. The first-order valence-electron chi connectivity index (χ1n) is 10.7. The van der Waals surface area contributed by atoms with Crippen molar-refractivity contribution in [3.8, 4) is 0 Å². The van der Waals surface area contributed by atoms with E-state index < -0.39 is 0 Å². The maximum Gasteiger partial charge on any atom is 0.227 e. The van der Waals surface area contributed by atoms with E-state index in [4.69, 9.17) is 4.74 Å². The van der Waals surface area contributed by atoms with Crippen LogP contribution < -0.4 is 0 Å². The average Bonchev–Trinajstić information content (AvgIpc) is 3.07. The smallest absolute Gasteiger partial charge is 0.227 e. The van der Waals surface area contributed by atoms with Crippen LogP contribution in [0.25, 0.3) is 0 Å². The minimum absolute atomic E-state index is 0.0189. The molecule has 1 spiro atoms. The van der Waals surface area contributed by atoms with Crippen LogP contribution in [0.2, 0.25) is 0 Å². The molecule has 6 heteroatoms. The molecule has 28 heavy (non-hydrogen) atoms. The number of likely N-dealkylation sites (tertiary alicyclic amines) is 1. The fourth-order valence-corrected chi connectivity index (χ4v) is 5.78. The summed E-state index contributed by atoms with van der Waals surface area (Å²) in [6.45, 7) is 6.05. The number of β-amino-alcohol motifs (C(OH)–C–C–N with tert-alkyl or cyclic N) is 1. The Morgan fingerprint density at radius 3 is 2.57 bits per heavy atom. The average molecular weight is 386 g/mol. The third-order valence-electron chi connectivity index (χ3n) is 7.17. The van der Waals surface area contributed by atoms with Gasteiger partial charge < -0.3 is 14.7 Å². The van der Waals surface area contributed by atoms with E-state index in [1.807, 2.05) is 30.3 Å².